The van der Waals surface area contributed by atoms with Crippen LogP contribution in [0.15, 0.2) is 36.4 Å². The number of thioether (sulfide) groups is 1. The minimum atomic E-state index is -0.744. The predicted octanol–water partition coefficient (Wildman–Crippen LogP) is 3.74. The Labute approximate surface area is 235 Å². The van der Waals surface area contributed by atoms with E-state index in [1.54, 1.807) is 31.0 Å². The van der Waals surface area contributed by atoms with Crippen LogP contribution in [0, 0.1) is 11.8 Å². The van der Waals surface area contributed by atoms with Crippen molar-refractivity contribution in [2.75, 3.05) is 38.5 Å². The number of carbonyl (C=O) groups is 3. The van der Waals surface area contributed by atoms with Gasteiger partial charge >= 0.3 is 12.1 Å². The van der Waals surface area contributed by atoms with Gasteiger partial charge in [0.25, 0.3) is 0 Å². The lowest BCUT2D eigenvalue weighted by Crippen LogP contribution is -2.31. The molecule has 1 aliphatic carbocycles. The summed E-state index contributed by atoms with van der Waals surface area (Å²) in [5, 5.41) is 20.9. The zero-order chi connectivity index (χ0) is 28.6. The average molecular weight is 566 g/mol. The molecule has 1 aromatic carbocycles. The number of aliphatic hydroxyl groups is 2. The number of aliphatic hydroxyl groups excluding tert-OH is 2. The fourth-order valence-corrected chi connectivity index (χ4v) is 5.57. The molecule has 10 heteroatoms. The second kappa shape index (κ2) is 18.0. The van der Waals surface area contributed by atoms with Crippen LogP contribution in [0.1, 0.15) is 50.7 Å². The molecule has 0 aliphatic heterocycles. The summed E-state index contributed by atoms with van der Waals surface area (Å²) in [6.07, 6.45) is 3.51. The molecule has 0 aromatic heterocycles. The zero-order valence-corrected chi connectivity index (χ0v) is 24.1. The Morgan fingerprint density at radius 3 is 2.64 bits per heavy atom. The van der Waals surface area contributed by atoms with E-state index in [1.807, 2.05) is 38.1 Å². The van der Waals surface area contributed by atoms with Gasteiger partial charge in [0.05, 0.1) is 18.8 Å². The average Bonchev–Trinajstić information content (AvgIpc) is 3.17. The maximum atomic E-state index is 12.5. The van der Waals surface area contributed by atoms with Gasteiger partial charge in [0.2, 0.25) is 6.79 Å². The van der Waals surface area contributed by atoms with Crippen molar-refractivity contribution in [2.24, 2.45) is 11.8 Å². The lowest BCUT2D eigenvalue weighted by molar-refractivity contribution is -0.152. The van der Waals surface area contributed by atoms with Gasteiger partial charge in [-0.25, -0.2) is 4.79 Å². The van der Waals surface area contributed by atoms with Gasteiger partial charge in [0.1, 0.15) is 5.78 Å². The van der Waals surface area contributed by atoms with Crippen LogP contribution in [0.5, 0.6) is 0 Å². The SMILES string of the molecule is CCN(CC)C(=O)OCOC(=O)CCCSCCC1C(=O)CC(O)C1C=CC(O)Cc1cccc(COC)c1. The van der Waals surface area contributed by atoms with E-state index >= 15 is 0 Å². The molecule has 1 aliphatic rings. The lowest BCUT2D eigenvalue weighted by atomic mass is 9.91. The number of methoxy groups -OCH3 is 1. The number of ketones is 1. The Kier molecular flexibility index (Phi) is 15.2. The third-order valence-electron chi connectivity index (χ3n) is 6.70. The first-order valence-corrected chi connectivity index (χ1v) is 14.7. The fraction of sp³-hybridized carbons (Fsp3) is 0.621. The lowest BCUT2D eigenvalue weighted by Gasteiger charge is -2.18. The Bertz CT molecular complexity index is 936. The highest BCUT2D eigenvalue weighted by atomic mass is 32.2. The number of Topliss-reactive ketones (excluding diaryl/α,β-unsaturated/α-hetero) is 1. The van der Waals surface area contributed by atoms with E-state index in [0.717, 1.165) is 22.6 Å². The summed E-state index contributed by atoms with van der Waals surface area (Å²) in [6.45, 7) is 4.84. The highest BCUT2D eigenvalue weighted by Gasteiger charge is 2.39. The van der Waals surface area contributed by atoms with Crippen molar-refractivity contribution in [3.8, 4) is 0 Å². The van der Waals surface area contributed by atoms with Gasteiger partial charge in [-0.1, -0.05) is 36.4 Å². The van der Waals surface area contributed by atoms with Crippen LogP contribution in [0.4, 0.5) is 4.79 Å². The number of amides is 1. The molecule has 0 radical (unpaired) electrons. The summed E-state index contributed by atoms with van der Waals surface area (Å²) in [6, 6.07) is 7.85. The van der Waals surface area contributed by atoms with E-state index in [1.165, 1.54) is 4.90 Å². The maximum absolute atomic E-state index is 12.5. The van der Waals surface area contributed by atoms with Crippen LogP contribution >= 0.6 is 11.8 Å². The number of ether oxygens (including phenoxy) is 3. The molecule has 39 heavy (non-hydrogen) atoms. The van der Waals surface area contributed by atoms with Crippen LogP contribution in [0.25, 0.3) is 0 Å². The van der Waals surface area contributed by atoms with Gasteiger partial charge < -0.3 is 29.3 Å². The first-order chi connectivity index (χ1) is 18.8. The Hall–Kier alpha value is -2.40. The molecule has 2 N–H and O–H groups in total. The fourth-order valence-electron chi connectivity index (χ4n) is 4.59. The molecule has 0 bridgehead atoms. The molecule has 9 nitrogen and oxygen atoms in total. The van der Waals surface area contributed by atoms with Crippen molar-refractivity contribution in [1.82, 2.24) is 4.90 Å². The van der Waals surface area contributed by atoms with Crippen molar-refractivity contribution >= 4 is 29.6 Å². The van der Waals surface area contributed by atoms with Crippen LogP contribution in [0.2, 0.25) is 0 Å². The topological polar surface area (TPSA) is 123 Å². The summed E-state index contributed by atoms with van der Waals surface area (Å²) in [7, 11) is 1.64. The molecule has 1 saturated carbocycles. The largest absolute Gasteiger partial charge is 0.428 e. The summed E-state index contributed by atoms with van der Waals surface area (Å²) < 4.78 is 15.0. The van der Waals surface area contributed by atoms with Gasteiger partial charge in [-0.3, -0.25) is 9.59 Å². The third kappa shape index (κ3) is 11.7. The normalized spacial score (nSPS) is 19.8. The minimum Gasteiger partial charge on any atom is -0.428 e. The molecule has 218 valence electrons. The zero-order valence-electron chi connectivity index (χ0n) is 23.3. The van der Waals surface area contributed by atoms with Crippen LogP contribution in [-0.2, 0) is 36.8 Å². The molecule has 1 aromatic rings. The van der Waals surface area contributed by atoms with Gasteiger partial charge in [-0.15, -0.1) is 0 Å². The summed E-state index contributed by atoms with van der Waals surface area (Å²) in [5.74, 6) is 0.458. The van der Waals surface area contributed by atoms with Crippen LogP contribution in [-0.4, -0.2) is 83.7 Å². The molecule has 1 amide bonds. The highest BCUT2D eigenvalue weighted by Crippen LogP contribution is 2.34. The van der Waals surface area contributed by atoms with Crippen molar-refractivity contribution in [2.45, 2.75) is 64.8 Å². The summed E-state index contributed by atoms with van der Waals surface area (Å²) >= 11 is 1.64. The first kappa shape index (κ1) is 32.8. The minimum absolute atomic E-state index is 0.0438. The molecule has 2 rings (SSSR count). The molecular weight excluding hydrogens is 522 g/mol. The second-order valence-corrected chi connectivity index (χ2v) is 10.8. The Morgan fingerprint density at radius 2 is 1.92 bits per heavy atom. The molecule has 4 unspecified atom stereocenters. The number of esters is 1. The third-order valence-corrected chi connectivity index (χ3v) is 7.80. The molecule has 4 atom stereocenters. The van der Waals surface area contributed by atoms with Gasteiger partial charge in [-0.05, 0) is 49.3 Å². The van der Waals surface area contributed by atoms with E-state index in [4.69, 9.17) is 14.2 Å². The van der Waals surface area contributed by atoms with Crippen molar-refractivity contribution in [3.05, 3.63) is 47.5 Å². The van der Waals surface area contributed by atoms with Crippen LogP contribution < -0.4 is 0 Å². The molecule has 0 saturated heterocycles. The molecule has 0 heterocycles. The summed E-state index contributed by atoms with van der Waals surface area (Å²) in [5.41, 5.74) is 2.02. The Morgan fingerprint density at radius 1 is 1.18 bits per heavy atom. The number of hydrogen-bond acceptors (Lipinski definition) is 9. The van der Waals surface area contributed by atoms with Crippen molar-refractivity contribution in [1.29, 1.82) is 0 Å². The Balaban J connectivity index is 1.68. The predicted molar refractivity (Wildman–Crippen MR) is 150 cm³/mol. The number of nitrogens with zero attached hydrogens (tertiary/aromatic N) is 1. The second-order valence-electron chi connectivity index (χ2n) is 9.55. The number of rotatable bonds is 17. The smallest absolute Gasteiger partial charge is 0.412 e. The van der Waals surface area contributed by atoms with E-state index in [9.17, 15) is 24.6 Å². The van der Waals surface area contributed by atoms with Gasteiger partial charge in [0.15, 0.2) is 0 Å². The van der Waals surface area contributed by atoms with Crippen LogP contribution in [0.3, 0.4) is 0 Å². The molecule has 1 fully saturated rings. The first-order valence-electron chi connectivity index (χ1n) is 13.6. The highest BCUT2D eigenvalue weighted by molar-refractivity contribution is 7.99. The van der Waals surface area contributed by atoms with Gasteiger partial charge in [-0.2, -0.15) is 11.8 Å². The molecular formula is C29H43NO8S. The van der Waals surface area contributed by atoms with E-state index < -0.39 is 31.1 Å². The molecule has 0 spiro atoms. The quantitative estimate of drug-likeness (QED) is 0.126. The van der Waals surface area contributed by atoms with E-state index in [2.05, 4.69) is 0 Å². The monoisotopic (exact) mass is 565 g/mol. The van der Waals surface area contributed by atoms with E-state index in [0.29, 0.717) is 39.0 Å². The van der Waals surface area contributed by atoms with E-state index in [-0.39, 0.29) is 30.5 Å². The van der Waals surface area contributed by atoms with Gasteiger partial charge in [0, 0.05) is 51.3 Å². The standard InChI is InChI=1S/C29H43NO8S/c1-4-30(5-2)29(35)38-20-37-28(34)10-7-14-39-15-13-25-24(26(32)18-27(25)33)12-11-23(31)17-21-8-6-9-22(16-21)19-36-3/h6,8-9,11-12,16,23-26,31-32H,4-5,7,10,13-15,17-20H2,1-3H3. The maximum Gasteiger partial charge on any atom is 0.412 e. The van der Waals surface area contributed by atoms with Crippen molar-refractivity contribution in [3.63, 3.8) is 0 Å². The summed E-state index contributed by atoms with van der Waals surface area (Å²) in [4.78, 5) is 37.5. The number of benzene rings is 1. The number of hydrogen-bond donors (Lipinski definition) is 2. The number of carbonyl (C=O) groups excluding carboxylic acids is 3. The van der Waals surface area contributed by atoms with Crippen molar-refractivity contribution < 1.29 is 38.8 Å².